The van der Waals surface area contributed by atoms with Crippen LogP contribution in [0.15, 0.2) is 0 Å². The molecule has 0 aliphatic rings. The average Bonchev–Trinajstić information content (AvgIpc) is 1.86. The van der Waals surface area contributed by atoms with Crippen LogP contribution in [0, 0.1) is 0 Å². The fourth-order valence-corrected chi connectivity index (χ4v) is 0.345. The summed E-state index contributed by atoms with van der Waals surface area (Å²) < 4.78 is 34.1. The van der Waals surface area contributed by atoms with E-state index in [1.807, 2.05) is 0 Å². The summed E-state index contributed by atoms with van der Waals surface area (Å²) in [5, 5.41) is 1.53. The zero-order chi connectivity index (χ0) is 8.91. The summed E-state index contributed by atoms with van der Waals surface area (Å²) >= 11 is 0. The van der Waals surface area contributed by atoms with Crippen molar-refractivity contribution in [3.05, 3.63) is 0 Å². The fraction of sp³-hybridized carbons (Fsp3) is 0.600. The van der Waals surface area contributed by atoms with E-state index in [-0.39, 0.29) is 13.0 Å². The Morgan fingerprint density at radius 3 is 2.36 bits per heavy atom. The van der Waals surface area contributed by atoms with Crippen LogP contribution in [0.5, 0.6) is 0 Å². The van der Waals surface area contributed by atoms with E-state index < -0.39 is 12.1 Å². The van der Waals surface area contributed by atoms with Crippen molar-refractivity contribution in [3.8, 4) is 0 Å². The molecule has 0 unspecified atom stereocenters. The summed E-state index contributed by atoms with van der Waals surface area (Å²) in [6, 6.07) is 0. The number of aldehydes is 1. The number of halogens is 3. The Hall–Kier alpha value is -1.07. The molecule has 6 heteroatoms. The van der Waals surface area contributed by atoms with Crippen LogP contribution in [0.25, 0.3) is 0 Å². The number of carbonyl (C=O) groups is 2. The second-order valence-electron chi connectivity index (χ2n) is 1.71. The van der Waals surface area contributed by atoms with E-state index in [1.54, 1.807) is 0 Å². The minimum Gasteiger partial charge on any atom is -0.348 e. The number of alkyl halides is 3. The molecular formula is C5H6F3NO2. The van der Waals surface area contributed by atoms with Crippen LogP contribution < -0.4 is 5.32 Å². The molecule has 0 aromatic carbocycles. The molecule has 0 radical (unpaired) electrons. The van der Waals surface area contributed by atoms with E-state index in [1.165, 1.54) is 5.32 Å². The van der Waals surface area contributed by atoms with Gasteiger partial charge in [0.15, 0.2) is 0 Å². The zero-order valence-corrected chi connectivity index (χ0v) is 5.44. The molecule has 64 valence electrons. The molecule has 0 saturated heterocycles. The van der Waals surface area contributed by atoms with E-state index in [9.17, 15) is 22.8 Å². The van der Waals surface area contributed by atoms with Gasteiger partial charge in [-0.15, -0.1) is 0 Å². The van der Waals surface area contributed by atoms with Gasteiger partial charge in [-0.3, -0.25) is 4.79 Å². The van der Waals surface area contributed by atoms with E-state index in [2.05, 4.69) is 0 Å². The molecule has 0 bridgehead atoms. The predicted octanol–water partition coefficient (Wildman–Crippen LogP) is 0.254. The smallest absolute Gasteiger partial charge is 0.348 e. The third kappa shape index (κ3) is 4.35. The first-order chi connectivity index (χ1) is 4.98. The Morgan fingerprint density at radius 1 is 1.45 bits per heavy atom. The maximum absolute atomic E-state index is 11.4. The number of hydrogen-bond donors (Lipinski definition) is 1. The van der Waals surface area contributed by atoms with Crippen molar-refractivity contribution in [2.75, 3.05) is 6.54 Å². The number of hydrogen-bond acceptors (Lipinski definition) is 2. The van der Waals surface area contributed by atoms with Crippen LogP contribution in [0.2, 0.25) is 0 Å². The van der Waals surface area contributed by atoms with Gasteiger partial charge in [-0.05, 0) is 0 Å². The molecule has 1 amide bonds. The molecule has 0 atom stereocenters. The minimum atomic E-state index is -4.86. The van der Waals surface area contributed by atoms with Crippen molar-refractivity contribution < 1.29 is 22.8 Å². The SMILES string of the molecule is O=CCCNC(=O)C(F)(F)F. The van der Waals surface area contributed by atoms with Crippen LogP contribution >= 0.6 is 0 Å². The van der Waals surface area contributed by atoms with E-state index >= 15 is 0 Å². The van der Waals surface area contributed by atoms with E-state index in [0.717, 1.165) is 0 Å². The van der Waals surface area contributed by atoms with Gasteiger partial charge in [-0.1, -0.05) is 0 Å². The quantitative estimate of drug-likeness (QED) is 0.486. The third-order valence-corrected chi connectivity index (χ3v) is 0.805. The molecule has 0 aromatic heterocycles. The van der Waals surface area contributed by atoms with Crippen LogP contribution in [0.4, 0.5) is 13.2 Å². The van der Waals surface area contributed by atoms with Gasteiger partial charge in [0.1, 0.15) is 6.29 Å². The molecule has 0 aliphatic heterocycles. The molecule has 11 heavy (non-hydrogen) atoms. The fourth-order valence-electron chi connectivity index (χ4n) is 0.345. The van der Waals surface area contributed by atoms with Crippen molar-refractivity contribution in [1.82, 2.24) is 5.32 Å². The van der Waals surface area contributed by atoms with Gasteiger partial charge < -0.3 is 10.1 Å². The summed E-state index contributed by atoms with van der Waals surface area (Å²) in [6.45, 7) is -0.276. The molecule has 1 N–H and O–H groups in total. The van der Waals surface area contributed by atoms with Gasteiger partial charge in [0.05, 0.1) is 0 Å². The maximum Gasteiger partial charge on any atom is 0.471 e. The largest absolute Gasteiger partial charge is 0.471 e. The van der Waals surface area contributed by atoms with Gasteiger partial charge in [0.25, 0.3) is 0 Å². The Morgan fingerprint density at radius 2 is 2.00 bits per heavy atom. The van der Waals surface area contributed by atoms with Crippen molar-refractivity contribution in [3.63, 3.8) is 0 Å². The highest BCUT2D eigenvalue weighted by Crippen LogP contribution is 2.13. The number of nitrogens with one attached hydrogen (secondary N) is 1. The summed E-state index contributed by atoms with van der Waals surface area (Å²) in [6.07, 6.45) is -4.54. The van der Waals surface area contributed by atoms with Crippen molar-refractivity contribution in [2.24, 2.45) is 0 Å². The van der Waals surface area contributed by atoms with Crippen molar-refractivity contribution in [2.45, 2.75) is 12.6 Å². The van der Waals surface area contributed by atoms with Gasteiger partial charge in [0.2, 0.25) is 0 Å². The third-order valence-electron chi connectivity index (χ3n) is 0.805. The Balaban J connectivity index is 3.62. The molecule has 0 aliphatic carbocycles. The first-order valence-corrected chi connectivity index (χ1v) is 2.77. The molecule has 0 fully saturated rings. The lowest BCUT2D eigenvalue weighted by Gasteiger charge is -2.04. The zero-order valence-electron chi connectivity index (χ0n) is 5.44. The number of carbonyl (C=O) groups excluding carboxylic acids is 2. The van der Waals surface area contributed by atoms with Gasteiger partial charge in [-0.25, -0.2) is 0 Å². The maximum atomic E-state index is 11.4. The highest BCUT2D eigenvalue weighted by molar-refractivity contribution is 5.81. The van der Waals surface area contributed by atoms with Crippen LogP contribution in [0.1, 0.15) is 6.42 Å². The lowest BCUT2D eigenvalue weighted by Crippen LogP contribution is -2.37. The second kappa shape index (κ2) is 3.95. The van der Waals surface area contributed by atoms with Gasteiger partial charge in [0, 0.05) is 13.0 Å². The van der Waals surface area contributed by atoms with Crippen molar-refractivity contribution in [1.29, 1.82) is 0 Å². The highest BCUT2D eigenvalue weighted by atomic mass is 19.4. The second-order valence-corrected chi connectivity index (χ2v) is 1.71. The molecule has 0 saturated carbocycles. The highest BCUT2D eigenvalue weighted by Gasteiger charge is 2.37. The molecule has 0 heterocycles. The number of rotatable bonds is 3. The minimum absolute atomic E-state index is 0.109. The number of amides is 1. The molecule has 3 nitrogen and oxygen atoms in total. The van der Waals surface area contributed by atoms with E-state index in [4.69, 9.17) is 0 Å². The normalized spacial score (nSPS) is 10.8. The van der Waals surface area contributed by atoms with Crippen LogP contribution in [-0.2, 0) is 9.59 Å². The Labute approximate surface area is 60.6 Å². The van der Waals surface area contributed by atoms with Gasteiger partial charge >= 0.3 is 12.1 Å². The monoisotopic (exact) mass is 169 g/mol. The lowest BCUT2D eigenvalue weighted by molar-refractivity contribution is -0.173. The summed E-state index contributed by atoms with van der Waals surface area (Å²) in [5.74, 6) is -2.01. The molecule has 0 rings (SSSR count). The Kier molecular flexibility index (Phi) is 3.56. The summed E-state index contributed by atoms with van der Waals surface area (Å²) in [4.78, 5) is 19.6. The molecular weight excluding hydrogens is 163 g/mol. The standard InChI is InChI=1S/C5H6F3NO2/c6-5(7,8)4(11)9-2-1-3-10/h3H,1-2H2,(H,9,11). The first kappa shape index (κ1) is 9.93. The Bertz CT molecular complexity index is 154. The molecule has 0 spiro atoms. The van der Waals surface area contributed by atoms with Gasteiger partial charge in [-0.2, -0.15) is 13.2 Å². The first-order valence-electron chi connectivity index (χ1n) is 2.77. The average molecular weight is 169 g/mol. The van der Waals surface area contributed by atoms with Crippen LogP contribution in [0.3, 0.4) is 0 Å². The summed E-state index contributed by atoms with van der Waals surface area (Å²) in [7, 11) is 0. The molecule has 0 aromatic rings. The van der Waals surface area contributed by atoms with Crippen LogP contribution in [-0.4, -0.2) is 24.9 Å². The lowest BCUT2D eigenvalue weighted by atomic mass is 10.4. The predicted molar refractivity (Wildman–Crippen MR) is 29.7 cm³/mol. The topological polar surface area (TPSA) is 46.2 Å². The summed E-state index contributed by atoms with van der Waals surface area (Å²) in [5.41, 5.74) is 0. The van der Waals surface area contributed by atoms with E-state index in [0.29, 0.717) is 6.29 Å². The van der Waals surface area contributed by atoms with Crippen molar-refractivity contribution >= 4 is 12.2 Å².